The lowest BCUT2D eigenvalue weighted by atomic mass is 10.1. The van der Waals surface area contributed by atoms with Crippen molar-refractivity contribution < 1.29 is 4.39 Å². The molecule has 2 aromatic rings. The monoisotopic (exact) mass is 261 g/mol. The van der Waals surface area contributed by atoms with Crippen LogP contribution in [0.1, 0.15) is 24.1 Å². The minimum atomic E-state index is -0.195. The van der Waals surface area contributed by atoms with E-state index in [4.69, 9.17) is 5.73 Å². The number of benzene rings is 2. The van der Waals surface area contributed by atoms with E-state index in [1.165, 1.54) is 0 Å². The topological polar surface area (TPSA) is 26.0 Å². The Morgan fingerprint density at radius 3 is 2.44 bits per heavy atom. The molecule has 0 unspecified atom stereocenters. The molecule has 0 radical (unpaired) electrons. The molecule has 18 heavy (non-hydrogen) atoms. The molecule has 2 rings (SSSR count). The van der Waals surface area contributed by atoms with Gasteiger partial charge in [-0.3, -0.25) is 0 Å². The summed E-state index contributed by atoms with van der Waals surface area (Å²) in [6, 6.07) is 13.3. The molecule has 0 aromatic heterocycles. The van der Waals surface area contributed by atoms with Crippen LogP contribution in [-0.4, -0.2) is 0 Å². The minimum Gasteiger partial charge on any atom is -0.324 e. The summed E-state index contributed by atoms with van der Waals surface area (Å²) in [6.07, 6.45) is 0. The first kappa shape index (κ1) is 13.1. The van der Waals surface area contributed by atoms with E-state index in [-0.39, 0.29) is 11.9 Å². The Bertz CT molecular complexity index is 538. The molecule has 94 valence electrons. The Kier molecular flexibility index (Phi) is 4.04. The highest BCUT2D eigenvalue weighted by Gasteiger charge is 2.11. The third kappa shape index (κ3) is 2.92. The number of hydrogen-bond donors (Lipinski definition) is 1. The molecule has 2 aromatic carbocycles. The van der Waals surface area contributed by atoms with Gasteiger partial charge in [-0.15, -0.1) is 0 Å². The number of aryl methyl sites for hydroxylation is 1. The summed E-state index contributed by atoms with van der Waals surface area (Å²) in [5.41, 5.74) is 7.41. The van der Waals surface area contributed by atoms with Crippen LogP contribution in [-0.2, 0) is 0 Å². The van der Waals surface area contributed by atoms with Gasteiger partial charge >= 0.3 is 0 Å². The van der Waals surface area contributed by atoms with E-state index < -0.39 is 0 Å². The molecule has 0 amide bonds. The first-order valence-corrected chi connectivity index (χ1v) is 6.68. The third-order valence-electron chi connectivity index (χ3n) is 2.75. The lowest BCUT2D eigenvalue weighted by Crippen LogP contribution is -2.07. The SMILES string of the molecule is Cc1cc(Sc2ccccc2)c([C@H](C)N)cc1F. The molecule has 1 nitrogen and oxygen atoms in total. The molecule has 0 saturated heterocycles. The van der Waals surface area contributed by atoms with Crippen molar-refractivity contribution in [2.24, 2.45) is 5.73 Å². The Balaban J connectivity index is 2.40. The number of rotatable bonds is 3. The van der Waals surface area contributed by atoms with Crippen molar-refractivity contribution in [3.63, 3.8) is 0 Å². The van der Waals surface area contributed by atoms with Crippen LogP contribution >= 0.6 is 11.8 Å². The predicted octanol–water partition coefficient (Wildman–Crippen LogP) is 4.31. The Hall–Kier alpha value is -1.32. The highest BCUT2D eigenvalue weighted by Crippen LogP contribution is 2.34. The smallest absolute Gasteiger partial charge is 0.126 e. The highest BCUT2D eigenvalue weighted by molar-refractivity contribution is 7.99. The molecule has 0 heterocycles. The maximum atomic E-state index is 13.6. The van der Waals surface area contributed by atoms with Crippen LogP contribution in [0.25, 0.3) is 0 Å². The van der Waals surface area contributed by atoms with Gasteiger partial charge in [0.25, 0.3) is 0 Å². The molecular weight excluding hydrogens is 245 g/mol. The van der Waals surface area contributed by atoms with Gasteiger partial charge in [-0.1, -0.05) is 30.0 Å². The summed E-state index contributed by atoms with van der Waals surface area (Å²) in [5.74, 6) is -0.195. The van der Waals surface area contributed by atoms with E-state index in [0.717, 1.165) is 15.4 Å². The summed E-state index contributed by atoms with van der Waals surface area (Å²) >= 11 is 1.62. The molecule has 0 spiro atoms. The van der Waals surface area contributed by atoms with Crippen molar-refractivity contribution in [2.45, 2.75) is 29.7 Å². The maximum Gasteiger partial charge on any atom is 0.126 e. The minimum absolute atomic E-state index is 0.175. The van der Waals surface area contributed by atoms with Gasteiger partial charge in [0.1, 0.15) is 5.82 Å². The zero-order chi connectivity index (χ0) is 13.1. The van der Waals surface area contributed by atoms with Crippen molar-refractivity contribution >= 4 is 11.8 Å². The van der Waals surface area contributed by atoms with Crippen LogP contribution < -0.4 is 5.73 Å². The fourth-order valence-corrected chi connectivity index (χ4v) is 2.88. The molecule has 0 saturated carbocycles. The number of halogens is 1. The second-order valence-electron chi connectivity index (χ2n) is 4.34. The molecule has 0 fully saturated rings. The molecule has 0 aliphatic rings. The molecule has 2 N–H and O–H groups in total. The molecule has 3 heteroatoms. The molecular formula is C15H16FNS. The molecule has 0 bridgehead atoms. The van der Waals surface area contributed by atoms with E-state index in [2.05, 4.69) is 0 Å². The van der Waals surface area contributed by atoms with Crippen LogP contribution in [0.15, 0.2) is 52.3 Å². The number of hydrogen-bond acceptors (Lipinski definition) is 2. The second kappa shape index (κ2) is 5.55. The lowest BCUT2D eigenvalue weighted by Gasteiger charge is -2.14. The van der Waals surface area contributed by atoms with Crippen molar-refractivity contribution in [2.75, 3.05) is 0 Å². The summed E-state index contributed by atoms with van der Waals surface area (Å²) in [7, 11) is 0. The summed E-state index contributed by atoms with van der Waals surface area (Å²) < 4.78 is 13.6. The molecule has 0 aliphatic heterocycles. The maximum absolute atomic E-state index is 13.6. The standard InChI is InChI=1S/C15H16FNS/c1-10-8-15(13(11(2)17)9-14(10)16)18-12-6-4-3-5-7-12/h3-9,11H,17H2,1-2H3/t11-/m0/s1. The van der Waals surface area contributed by atoms with Gasteiger partial charge in [0.05, 0.1) is 0 Å². The van der Waals surface area contributed by atoms with Crippen LogP contribution in [0.4, 0.5) is 4.39 Å². The highest BCUT2D eigenvalue weighted by atomic mass is 32.2. The quantitative estimate of drug-likeness (QED) is 0.891. The Morgan fingerprint density at radius 1 is 1.17 bits per heavy atom. The van der Waals surface area contributed by atoms with Crippen LogP contribution in [0.5, 0.6) is 0 Å². The van der Waals surface area contributed by atoms with Gasteiger partial charge in [0.15, 0.2) is 0 Å². The largest absolute Gasteiger partial charge is 0.324 e. The molecule has 0 aliphatic carbocycles. The third-order valence-corrected chi connectivity index (χ3v) is 3.83. The van der Waals surface area contributed by atoms with E-state index in [1.807, 2.05) is 43.3 Å². The lowest BCUT2D eigenvalue weighted by molar-refractivity contribution is 0.610. The summed E-state index contributed by atoms with van der Waals surface area (Å²) in [5, 5.41) is 0. The van der Waals surface area contributed by atoms with Crippen molar-refractivity contribution in [3.05, 3.63) is 59.4 Å². The van der Waals surface area contributed by atoms with Crippen LogP contribution in [0.2, 0.25) is 0 Å². The zero-order valence-electron chi connectivity index (χ0n) is 10.5. The summed E-state index contributed by atoms with van der Waals surface area (Å²) in [4.78, 5) is 2.15. The van der Waals surface area contributed by atoms with Gasteiger partial charge in [0.2, 0.25) is 0 Å². The van der Waals surface area contributed by atoms with Gasteiger partial charge in [-0.25, -0.2) is 4.39 Å². The first-order chi connectivity index (χ1) is 8.58. The Morgan fingerprint density at radius 2 is 1.83 bits per heavy atom. The van der Waals surface area contributed by atoms with Crippen LogP contribution in [0.3, 0.4) is 0 Å². The van der Waals surface area contributed by atoms with Gasteiger partial charge in [-0.05, 0) is 49.2 Å². The fourth-order valence-electron chi connectivity index (χ4n) is 1.73. The molecule has 1 atom stereocenters. The van der Waals surface area contributed by atoms with Crippen molar-refractivity contribution in [1.29, 1.82) is 0 Å². The van der Waals surface area contributed by atoms with Gasteiger partial charge < -0.3 is 5.73 Å². The second-order valence-corrected chi connectivity index (χ2v) is 5.46. The normalized spacial score (nSPS) is 12.4. The zero-order valence-corrected chi connectivity index (χ0v) is 11.3. The average Bonchev–Trinajstić information content (AvgIpc) is 2.34. The Labute approximate surface area is 111 Å². The van der Waals surface area contributed by atoms with E-state index in [0.29, 0.717) is 5.56 Å². The van der Waals surface area contributed by atoms with Gasteiger partial charge in [-0.2, -0.15) is 0 Å². The first-order valence-electron chi connectivity index (χ1n) is 5.86. The van der Waals surface area contributed by atoms with Crippen LogP contribution in [0, 0.1) is 12.7 Å². The van der Waals surface area contributed by atoms with E-state index in [9.17, 15) is 4.39 Å². The average molecular weight is 261 g/mol. The number of nitrogens with two attached hydrogens (primary N) is 1. The van der Waals surface area contributed by atoms with Crippen molar-refractivity contribution in [3.8, 4) is 0 Å². The van der Waals surface area contributed by atoms with E-state index >= 15 is 0 Å². The fraction of sp³-hybridized carbons (Fsp3) is 0.200. The van der Waals surface area contributed by atoms with Crippen molar-refractivity contribution in [1.82, 2.24) is 0 Å². The summed E-state index contributed by atoms with van der Waals surface area (Å²) in [6.45, 7) is 3.65. The van der Waals surface area contributed by atoms with Gasteiger partial charge in [0, 0.05) is 15.8 Å². The van der Waals surface area contributed by atoms with E-state index in [1.54, 1.807) is 24.8 Å². The predicted molar refractivity (Wildman–Crippen MR) is 74.3 cm³/mol.